The maximum atomic E-state index is 13.0. The third-order valence-electron chi connectivity index (χ3n) is 5.61. The van der Waals surface area contributed by atoms with E-state index in [0.29, 0.717) is 35.2 Å². The zero-order chi connectivity index (χ0) is 26.1. The summed E-state index contributed by atoms with van der Waals surface area (Å²) >= 11 is 3.57. The van der Waals surface area contributed by atoms with Gasteiger partial charge in [0, 0.05) is 0 Å². The predicted octanol–water partition coefficient (Wildman–Crippen LogP) is 5.50. The van der Waals surface area contributed by atoms with Crippen LogP contribution in [0.15, 0.2) is 71.2 Å². The van der Waals surface area contributed by atoms with Gasteiger partial charge in [0.2, 0.25) is 11.7 Å². The van der Waals surface area contributed by atoms with Crippen molar-refractivity contribution in [3.05, 3.63) is 87.9 Å². The number of halogens is 1. The molecule has 1 amide bonds. The van der Waals surface area contributed by atoms with Crippen molar-refractivity contribution in [2.45, 2.75) is 12.5 Å². The van der Waals surface area contributed by atoms with E-state index >= 15 is 0 Å². The molecular weight excluding hydrogens is 526 g/mol. The van der Waals surface area contributed by atoms with Crippen LogP contribution in [0.4, 0.5) is 0 Å². The molecule has 190 valence electrons. The van der Waals surface area contributed by atoms with Crippen molar-refractivity contribution >= 4 is 21.8 Å². The van der Waals surface area contributed by atoms with Gasteiger partial charge in [-0.25, -0.2) is 0 Å². The average molecular weight is 556 g/mol. The molecule has 0 aliphatic carbocycles. The van der Waals surface area contributed by atoms with Crippen molar-refractivity contribution in [2.75, 3.05) is 35.5 Å². The van der Waals surface area contributed by atoms with Gasteiger partial charge in [-0.3, -0.25) is 4.79 Å². The van der Waals surface area contributed by atoms with Crippen LogP contribution in [-0.2, 0) is 11.2 Å². The summed E-state index contributed by atoms with van der Waals surface area (Å²) in [6.07, 6.45) is 3.85. The molecule has 0 aromatic heterocycles. The first-order chi connectivity index (χ1) is 17.5. The Morgan fingerprint density at radius 3 is 1.97 bits per heavy atom. The second-order valence-corrected chi connectivity index (χ2v) is 8.48. The van der Waals surface area contributed by atoms with Gasteiger partial charge in [-0.1, -0.05) is 42.5 Å². The average Bonchev–Trinajstić information content (AvgIpc) is 2.91. The van der Waals surface area contributed by atoms with Gasteiger partial charge >= 0.3 is 0 Å². The van der Waals surface area contributed by atoms with E-state index in [1.54, 1.807) is 41.6 Å². The van der Waals surface area contributed by atoms with Crippen LogP contribution in [0.2, 0.25) is 0 Å². The Balaban J connectivity index is 1.86. The van der Waals surface area contributed by atoms with Gasteiger partial charge < -0.3 is 29.0 Å². The van der Waals surface area contributed by atoms with E-state index in [1.165, 1.54) is 6.08 Å². The highest BCUT2D eigenvalue weighted by Crippen LogP contribution is 2.41. The molecule has 0 bridgehead atoms. The van der Waals surface area contributed by atoms with Crippen LogP contribution in [0.3, 0.4) is 0 Å². The number of carbonyl (C=O) groups excluding carboxylic acids is 1. The van der Waals surface area contributed by atoms with Crippen LogP contribution in [0, 0.1) is 0 Å². The van der Waals surface area contributed by atoms with Gasteiger partial charge in [-0.05, 0) is 63.3 Å². The van der Waals surface area contributed by atoms with Crippen LogP contribution < -0.4 is 29.0 Å². The number of carbonyl (C=O) groups is 1. The number of nitrogens with one attached hydrogen (secondary N) is 1. The SMILES string of the molecule is COc1cc(C(NC(=O)C=CCc2ccc(OC)c(OC)c2Br)c2ccccc2)cc(OC)c1OC. The van der Waals surface area contributed by atoms with Crippen LogP contribution in [0.25, 0.3) is 0 Å². The zero-order valence-corrected chi connectivity index (χ0v) is 22.5. The number of methoxy groups -OCH3 is 5. The number of hydrogen-bond donors (Lipinski definition) is 1. The van der Waals surface area contributed by atoms with Gasteiger partial charge in [-0.15, -0.1) is 0 Å². The van der Waals surface area contributed by atoms with Crippen molar-refractivity contribution in [3.63, 3.8) is 0 Å². The van der Waals surface area contributed by atoms with Crippen molar-refractivity contribution in [3.8, 4) is 28.7 Å². The molecule has 0 spiro atoms. The minimum absolute atomic E-state index is 0.241. The van der Waals surface area contributed by atoms with Gasteiger partial charge in [0.15, 0.2) is 23.0 Å². The van der Waals surface area contributed by atoms with E-state index in [4.69, 9.17) is 23.7 Å². The maximum Gasteiger partial charge on any atom is 0.244 e. The second kappa shape index (κ2) is 12.9. The van der Waals surface area contributed by atoms with E-state index in [0.717, 1.165) is 21.2 Å². The summed E-state index contributed by atoms with van der Waals surface area (Å²) in [5.41, 5.74) is 2.66. The first-order valence-electron chi connectivity index (χ1n) is 11.2. The third kappa shape index (κ3) is 6.12. The highest BCUT2D eigenvalue weighted by Gasteiger charge is 2.21. The first-order valence-corrected chi connectivity index (χ1v) is 12.0. The Morgan fingerprint density at radius 2 is 1.42 bits per heavy atom. The molecule has 36 heavy (non-hydrogen) atoms. The molecule has 3 aromatic carbocycles. The lowest BCUT2D eigenvalue weighted by Gasteiger charge is -2.22. The molecule has 3 aromatic rings. The Kier molecular flexibility index (Phi) is 9.64. The number of hydrogen-bond acceptors (Lipinski definition) is 6. The summed E-state index contributed by atoms with van der Waals surface area (Å²) in [5.74, 6) is 2.51. The van der Waals surface area contributed by atoms with Crippen molar-refractivity contribution in [1.82, 2.24) is 5.32 Å². The molecule has 0 saturated heterocycles. The van der Waals surface area contributed by atoms with E-state index in [1.807, 2.05) is 54.6 Å². The number of ether oxygens (including phenoxy) is 5. The molecular formula is C28H30BrNO6. The second-order valence-electron chi connectivity index (χ2n) is 7.69. The van der Waals surface area contributed by atoms with Crippen LogP contribution in [0.5, 0.6) is 28.7 Å². The van der Waals surface area contributed by atoms with Crippen LogP contribution in [0.1, 0.15) is 22.7 Å². The van der Waals surface area contributed by atoms with Crippen molar-refractivity contribution in [2.24, 2.45) is 0 Å². The maximum absolute atomic E-state index is 13.0. The molecule has 1 atom stereocenters. The zero-order valence-electron chi connectivity index (χ0n) is 21.0. The first kappa shape index (κ1) is 26.9. The molecule has 0 heterocycles. The van der Waals surface area contributed by atoms with Gasteiger partial charge in [0.25, 0.3) is 0 Å². The topological polar surface area (TPSA) is 75.3 Å². The summed E-state index contributed by atoms with van der Waals surface area (Å²) in [6.45, 7) is 0. The highest BCUT2D eigenvalue weighted by molar-refractivity contribution is 9.10. The van der Waals surface area contributed by atoms with E-state index in [9.17, 15) is 4.79 Å². The quantitative estimate of drug-likeness (QED) is 0.315. The van der Waals surface area contributed by atoms with Crippen LogP contribution >= 0.6 is 15.9 Å². The molecule has 0 aliphatic rings. The van der Waals surface area contributed by atoms with E-state index < -0.39 is 6.04 Å². The van der Waals surface area contributed by atoms with Gasteiger partial charge in [0.1, 0.15) is 0 Å². The summed E-state index contributed by atoms with van der Waals surface area (Å²) in [6, 6.07) is 16.7. The lowest BCUT2D eigenvalue weighted by Crippen LogP contribution is -2.27. The molecule has 0 aliphatic heterocycles. The standard InChI is InChI=1S/C28H30BrNO6/c1-32-21-15-14-18(25(29)28(21)36-5)12-9-13-24(31)30-26(19-10-7-6-8-11-19)20-16-22(33-2)27(35-4)23(17-20)34-3/h6-11,13-17,26H,12H2,1-5H3,(H,30,31). The molecule has 3 rings (SSSR count). The molecule has 7 nitrogen and oxygen atoms in total. The summed E-state index contributed by atoms with van der Waals surface area (Å²) in [5, 5.41) is 3.10. The largest absolute Gasteiger partial charge is 0.493 e. The van der Waals surface area contributed by atoms with Gasteiger partial charge in [0.05, 0.1) is 46.1 Å². The van der Waals surface area contributed by atoms with Crippen LogP contribution in [-0.4, -0.2) is 41.5 Å². The molecule has 8 heteroatoms. The normalized spacial score (nSPS) is 11.6. The minimum Gasteiger partial charge on any atom is -0.493 e. The predicted molar refractivity (Wildman–Crippen MR) is 143 cm³/mol. The third-order valence-corrected chi connectivity index (χ3v) is 6.48. The Labute approximate surface area is 220 Å². The van der Waals surface area contributed by atoms with Crippen molar-refractivity contribution < 1.29 is 28.5 Å². The van der Waals surface area contributed by atoms with Gasteiger partial charge in [-0.2, -0.15) is 0 Å². The Morgan fingerprint density at radius 1 is 0.806 bits per heavy atom. The molecule has 0 radical (unpaired) electrons. The summed E-state index contributed by atoms with van der Waals surface area (Å²) < 4.78 is 28.0. The summed E-state index contributed by atoms with van der Waals surface area (Å²) in [4.78, 5) is 13.0. The lowest BCUT2D eigenvalue weighted by atomic mass is 9.97. The molecule has 1 N–H and O–H groups in total. The van der Waals surface area contributed by atoms with Crippen molar-refractivity contribution in [1.29, 1.82) is 0 Å². The Bertz CT molecular complexity index is 1190. The fourth-order valence-corrected chi connectivity index (χ4v) is 4.49. The lowest BCUT2D eigenvalue weighted by molar-refractivity contribution is -0.117. The highest BCUT2D eigenvalue weighted by atomic mass is 79.9. The number of rotatable bonds is 11. The monoisotopic (exact) mass is 555 g/mol. The molecule has 0 fully saturated rings. The molecule has 1 unspecified atom stereocenters. The van der Waals surface area contributed by atoms with E-state index in [-0.39, 0.29) is 5.91 Å². The minimum atomic E-state index is -0.440. The fraction of sp³-hybridized carbons (Fsp3) is 0.250. The Hall–Kier alpha value is -3.65. The smallest absolute Gasteiger partial charge is 0.244 e. The fourth-order valence-electron chi connectivity index (χ4n) is 3.84. The van der Waals surface area contributed by atoms with E-state index in [2.05, 4.69) is 21.2 Å². The summed E-state index contributed by atoms with van der Waals surface area (Å²) in [7, 11) is 7.85. The number of allylic oxidation sites excluding steroid dienone is 1. The number of amides is 1. The number of benzene rings is 3. The molecule has 0 saturated carbocycles.